The van der Waals surface area contributed by atoms with E-state index in [9.17, 15) is 4.39 Å². The number of morpholine rings is 1. The first kappa shape index (κ1) is 25.4. The molecule has 1 unspecified atom stereocenters. The van der Waals surface area contributed by atoms with E-state index in [0.717, 1.165) is 35.5 Å². The van der Waals surface area contributed by atoms with Crippen molar-refractivity contribution in [3.8, 4) is 5.75 Å². The van der Waals surface area contributed by atoms with E-state index in [-0.39, 0.29) is 35.8 Å². The highest BCUT2D eigenvalue weighted by Crippen LogP contribution is 2.22. The highest BCUT2D eigenvalue weighted by Gasteiger charge is 2.23. The third kappa shape index (κ3) is 7.33. The summed E-state index contributed by atoms with van der Waals surface area (Å²) in [5.41, 5.74) is 3.16. The van der Waals surface area contributed by atoms with Crippen LogP contribution in [0.2, 0.25) is 0 Å². The maximum absolute atomic E-state index is 13.9. The summed E-state index contributed by atoms with van der Waals surface area (Å²) in [7, 11) is 3.42. The maximum Gasteiger partial charge on any atom is 0.191 e. The molecule has 2 aromatic carbocycles. The number of nitrogens with zero attached hydrogens (tertiary/aromatic N) is 2. The number of aryl methyl sites for hydroxylation is 1. The van der Waals surface area contributed by atoms with E-state index < -0.39 is 0 Å². The van der Waals surface area contributed by atoms with Gasteiger partial charge in [0.1, 0.15) is 11.6 Å². The second-order valence-electron chi connectivity index (χ2n) is 7.34. The molecule has 0 amide bonds. The second-order valence-corrected chi connectivity index (χ2v) is 7.34. The van der Waals surface area contributed by atoms with Crippen LogP contribution in [0.4, 0.5) is 4.39 Å². The number of nitrogens with one attached hydrogen (secondary N) is 2. The molecule has 0 bridgehead atoms. The third-order valence-electron chi connectivity index (χ3n) is 5.30. The lowest BCUT2D eigenvalue weighted by atomic mass is 10.0. The van der Waals surface area contributed by atoms with Gasteiger partial charge >= 0.3 is 0 Å². The summed E-state index contributed by atoms with van der Waals surface area (Å²) in [5.74, 6) is 1.32. The second kappa shape index (κ2) is 12.8. The zero-order chi connectivity index (χ0) is 21.3. The monoisotopic (exact) mass is 542 g/mol. The van der Waals surface area contributed by atoms with E-state index in [4.69, 9.17) is 9.47 Å². The molecule has 170 valence electrons. The summed E-state index contributed by atoms with van der Waals surface area (Å²) in [4.78, 5) is 6.66. The summed E-state index contributed by atoms with van der Waals surface area (Å²) in [6.07, 6.45) is 0. The number of hydrogen-bond acceptors (Lipinski definition) is 4. The van der Waals surface area contributed by atoms with E-state index in [1.807, 2.05) is 19.1 Å². The summed E-state index contributed by atoms with van der Waals surface area (Å²) in [5, 5.41) is 6.74. The number of methoxy groups -OCH3 is 1. The molecule has 6 nitrogen and oxygen atoms in total. The molecule has 1 atom stereocenters. The van der Waals surface area contributed by atoms with Crippen molar-refractivity contribution in [3.63, 3.8) is 0 Å². The van der Waals surface area contributed by atoms with Gasteiger partial charge in [0, 0.05) is 38.8 Å². The Balaban J connectivity index is 0.00000341. The number of aliphatic imine (C=N–C) groups is 1. The standard InChI is InChI=1S/C23H31FN4O2.HI/c1-17-7-8-19(22(13-17)29-3)15-26-23(25-2)27-16-21(28-9-11-30-12-10-28)18-5-4-6-20(24)14-18;/h4-8,13-14,21H,9-12,15-16H2,1-3H3,(H2,25,26,27);1H. The molecule has 0 spiro atoms. The smallest absolute Gasteiger partial charge is 0.191 e. The van der Waals surface area contributed by atoms with Crippen LogP contribution in [0, 0.1) is 12.7 Å². The molecule has 31 heavy (non-hydrogen) atoms. The SMILES string of the molecule is CN=C(NCc1ccc(C)cc1OC)NCC(c1cccc(F)c1)N1CCOCC1.I. The fraction of sp³-hybridized carbons (Fsp3) is 0.435. The first-order valence-corrected chi connectivity index (χ1v) is 10.3. The van der Waals surface area contributed by atoms with Gasteiger partial charge in [-0.05, 0) is 36.2 Å². The molecule has 8 heteroatoms. The Morgan fingerprint density at radius 2 is 1.97 bits per heavy atom. The molecule has 1 aliphatic rings. The van der Waals surface area contributed by atoms with Crippen LogP contribution in [0.5, 0.6) is 5.75 Å². The van der Waals surface area contributed by atoms with E-state index in [1.54, 1.807) is 26.3 Å². The van der Waals surface area contributed by atoms with Crippen molar-refractivity contribution in [3.05, 3.63) is 65.0 Å². The third-order valence-corrected chi connectivity index (χ3v) is 5.30. The minimum atomic E-state index is -0.222. The molecule has 0 radical (unpaired) electrons. The van der Waals surface area contributed by atoms with Gasteiger partial charge in [-0.3, -0.25) is 9.89 Å². The molecule has 0 aromatic heterocycles. The number of halogens is 2. The average molecular weight is 542 g/mol. The molecule has 1 fully saturated rings. The van der Waals surface area contributed by atoms with Crippen molar-refractivity contribution in [1.82, 2.24) is 15.5 Å². The lowest BCUT2D eigenvalue weighted by molar-refractivity contribution is 0.0169. The number of hydrogen-bond donors (Lipinski definition) is 2. The van der Waals surface area contributed by atoms with Crippen LogP contribution in [0.15, 0.2) is 47.5 Å². The molecule has 1 saturated heterocycles. The van der Waals surface area contributed by atoms with Crippen molar-refractivity contribution in [2.45, 2.75) is 19.5 Å². The quantitative estimate of drug-likeness (QED) is 0.319. The number of benzene rings is 2. The van der Waals surface area contributed by atoms with Crippen molar-refractivity contribution >= 4 is 29.9 Å². The van der Waals surface area contributed by atoms with E-state index in [0.29, 0.717) is 32.3 Å². The van der Waals surface area contributed by atoms with Crippen LogP contribution in [0.1, 0.15) is 22.7 Å². The summed E-state index contributed by atoms with van der Waals surface area (Å²) < 4.78 is 24.8. The maximum atomic E-state index is 13.9. The molecular formula is C23H32FIN4O2. The van der Waals surface area contributed by atoms with Gasteiger partial charge in [-0.1, -0.05) is 24.3 Å². The highest BCUT2D eigenvalue weighted by atomic mass is 127. The summed E-state index contributed by atoms with van der Waals surface area (Å²) >= 11 is 0. The minimum absolute atomic E-state index is 0. The van der Waals surface area contributed by atoms with Gasteiger partial charge in [0.15, 0.2) is 5.96 Å². The van der Waals surface area contributed by atoms with Crippen LogP contribution in [-0.2, 0) is 11.3 Å². The Bertz CT molecular complexity index is 859. The van der Waals surface area contributed by atoms with Crippen molar-refractivity contribution in [1.29, 1.82) is 0 Å². The molecule has 1 aliphatic heterocycles. The fourth-order valence-electron chi connectivity index (χ4n) is 3.65. The molecule has 0 saturated carbocycles. The summed E-state index contributed by atoms with van der Waals surface area (Å²) in [6.45, 7) is 6.24. The number of ether oxygens (including phenoxy) is 2. The van der Waals surface area contributed by atoms with Crippen molar-refractivity contribution < 1.29 is 13.9 Å². The van der Waals surface area contributed by atoms with Gasteiger partial charge in [0.2, 0.25) is 0 Å². The zero-order valence-corrected chi connectivity index (χ0v) is 20.7. The zero-order valence-electron chi connectivity index (χ0n) is 18.4. The Labute approximate surface area is 201 Å². The lowest BCUT2D eigenvalue weighted by Gasteiger charge is -2.35. The summed E-state index contributed by atoms with van der Waals surface area (Å²) in [6, 6.07) is 13.0. The average Bonchev–Trinajstić information content (AvgIpc) is 2.77. The Morgan fingerprint density at radius 1 is 1.19 bits per heavy atom. The largest absolute Gasteiger partial charge is 0.496 e. The van der Waals surface area contributed by atoms with Gasteiger partial charge in [0.25, 0.3) is 0 Å². The number of rotatable bonds is 7. The molecule has 2 aromatic rings. The Kier molecular flexibility index (Phi) is 10.5. The van der Waals surface area contributed by atoms with Crippen molar-refractivity contribution in [2.24, 2.45) is 4.99 Å². The normalized spacial score (nSPS) is 15.7. The van der Waals surface area contributed by atoms with Crippen LogP contribution in [-0.4, -0.2) is 57.9 Å². The molecular weight excluding hydrogens is 510 g/mol. The van der Waals surface area contributed by atoms with E-state index in [2.05, 4.69) is 32.7 Å². The fourth-order valence-corrected chi connectivity index (χ4v) is 3.65. The molecule has 2 N–H and O–H groups in total. The first-order valence-electron chi connectivity index (χ1n) is 10.3. The molecule has 1 heterocycles. The molecule has 3 rings (SSSR count). The van der Waals surface area contributed by atoms with Gasteiger partial charge in [-0.25, -0.2) is 4.39 Å². The van der Waals surface area contributed by atoms with Gasteiger partial charge in [0.05, 0.1) is 26.4 Å². The predicted octanol–water partition coefficient (Wildman–Crippen LogP) is 3.50. The lowest BCUT2D eigenvalue weighted by Crippen LogP contribution is -2.46. The Morgan fingerprint density at radius 3 is 2.65 bits per heavy atom. The minimum Gasteiger partial charge on any atom is -0.496 e. The first-order chi connectivity index (χ1) is 14.6. The van der Waals surface area contributed by atoms with Gasteiger partial charge in [-0.15, -0.1) is 24.0 Å². The van der Waals surface area contributed by atoms with E-state index in [1.165, 1.54) is 6.07 Å². The van der Waals surface area contributed by atoms with Gasteiger partial charge in [-0.2, -0.15) is 0 Å². The van der Waals surface area contributed by atoms with Crippen molar-refractivity contribution in [2.75, 3.05) is 47.0 Å². The van der Waals surface area contributed by atoms with E-state index >= 15 is 0 Å². The van der Waals surface area contributed by atoms with Crippen LogP contribution >= 0.6 is 24.0 Å². The van der Waals surface area contributed by atoms with Crippen LogP contribution in [0.25, 0.3) is 0 Å². The van der Waals surface area contributed by atoms with Crippen LogP contribution < -0.4 is 15.4 Å². The highest BCUT2D eigenvalue weighted by molar-refractivity contribution is 14.0. The van der Waals surface area contributed by atoms with Crippen LogP contribution in [0.3, 0.4) is 0 Å². The Hall–Kier alpha value is -1.91. The molecule has 0 aliphatic carbocycles. The number of guanidine groups is 1. The van der Waals surface area contributed by atoms with Gasteiger partial charge < -0.3 is 20.1 Å². The predicted molar refractivity (Wildman–Crippen MR) is 133 cm³/mol. The topological polar surface area (TPSA) is 58.1 Å².